The number of nitrogens with zero attached hydrogens (tertiary/aromatic N) is 1. The van der Waals surface area contributed by atoms with Gasteiger partial charge >= 0.3 is 0 Å². The summed E-state index contributed by atoms with van der Waals surface area (Å²) in [6.07, 6.45) is 3.76. The average Bonchev–Trinajstić information content (AvgIpc) is 2.63. The summed E-state index contributed by atoms with van der Waals surface area (Å²) in [6, 6.07) is 8.37. The Morgan fingerprint density at radius 1 is 1.33 bits per heavy atom. The van der Waals surface area contributed by atoms with Crippen molar-refractivity contribution in [3.8, 4) is 5.75 Å². The van der Waals surface area contributed by atoms with Crippen LogP contribution in [0.5, 0.6) is 5.75 Å². The second-order valence-corrected chi connectivity index (χ2v) is 5.57. The van der Waals surface area contributed by atoms with E-state index in [-0.39, 0.29) is 5.91 Å². The number of para-hydroxylation sites is 2. The third-order valence-corrected chi connectivity index (χ3v) is 3.85. The number of hydrogen-bond donors (Lipinski definition) is 1. The molecule has 1 aromatic carbocycles. The van der Waals surface area contributed by atoms with Gasteiger partial charge in [-0.1, -0.05) is 25.5 Å². The van der Waals surface area contributed by atoms with E-state index < -0.39 is 0 Å². The Morgan fingerprint density at radius 2 is 2.14 bits per heavy atom. The maximum absolute atomic E-state index is 12.2. The molecule has 1 aliphatic heterocycles. The predicted octanol–water partition coefficient (Wildman–Crippen LogP) is 2.97. The zero-order chi connectivity index (χ0) is 15.1. The molecule has 4 nitrogen and oxygen atoms in total. The Hall–Kier alpha value is -1.55. The van der Waals surface area contributed by atoms with Crippen molar-refractivity contribution < 1.29 is 9.53 Å². The zero-order valence-corrected chi connectivity index (χ0v) is 13.1. The minimum Gasteiger partial charge on any atom is -0.491 e. The Balaban J connectivity index is 1.90. The average molecular weight is 290 g/mol. The summed E-state index contributed by atoms with van der Waals surface area (Å²) in [4.78, 5) is 14.1. The number of rotatable bonds is 7. The first-order valence-corrected chi connectivity index (χ1v) is 7.98. The van der Waals surface area contributed by atoms with Crippen LogP contribution in [0.4, 0.5) is 5.69 Å². The number of fused-ring (bicyclic) bond motifs is 1. The van der Waals surface area contributed by atoms with Crippen molar-refractivity contribution in [3.05, 3.63) is 24.3 Å². The van der Waals surface area contributed by atoms with Crippen LogP contribution in [0.2, 0.25) is 0 Å². The van der Waals surface area contributed by atoms with Crippen LogP contribution >= 0.6 is 0 Å². The molecular weight excluding hydrogens is 264 g/mol. The van der Waals surface area contributed by atoms with Gasteiger partial charge in [0.2, 0.25) is 5.91 Å². The molecule has 2 rings (SSSR count). The van der Waals surface area contributed by atoms with Gasteiger partial charge in [-0.2, -0.15) is 0 Å². The Kier molecular flexibility index (Phi) is 6.05. The summed E-state index contributed by atoms with van der Waals surface area (Å²) in [7, 11) is 0. The molecule has 1 atom stereocenters. The van der Waals surface area contributed by atoms with Crippen molar-refractivity contribution in [2.24, 2.45) is 0 Å². The van der Waals surface area contributed by atoms with Crippen molar-refractivity contribution in [3.63, 3.8) is 0 Å². The fraction of sp³-hybridized carbons (Fsp3) is 0.588. The predicted molar refractivity (Wildman–Crippen MR) is 85.9 cm³/mol. The lowest BCUT2D eigenvalue weighted by molar-refractivity contribution is -0.118. The van der Waals surface area contributed by atoms with E-state index in [1.807, 2.05) is 29.2 Å². The molecule has 1 aliphatic rings. The van der Waals surface area contributed by atoms with Crippen LogP contribution in [0.25, 0.3) is 0 Å². The molecule has 1 aromatic rings. The number of carbonyl (C=O) groups is 1. The lowest BCUT2D eigenvalue weighted by Gasteiger charge is -2.22. The van der Waals surface area contributed by atoms with Crippen LogP contribution in [-0.2, 0) is 4.79 Å². The molecule has 0 aliphatic carbocycles. The number of hydrogen-bond acceptors (Lipinski definition) is 3. The van der Waals surface area contributed by atoms with Gasteiger partial charge in [0.05, 0.1) is 18.7 Å². The summed E-state index contributed by atoms with van der Waals surface area (Å²) in [6.45, 7) is 6.60. The van der Waals surface area contributed by atoms with Gasteiger partial charge in [-0.25, -0.2) is 0 Å². The van der Waals surface area contributed by atoms with Crippen LogP contribution in [0.3, 0.4) is 0 Å². The van der Waals surface area contributed by atoms with Crippen LogP contribution in [0.1, 0.15) is 39.5 Å². The maximum Gasteiger partial charge on any atom is 0.230 e. The topological polar surface area (TPSA) is 41.6 Å². The molecule has 1 heterocycles. The minimum absolute atomic E-state index is 0.166. The SMILES string of the molecule is CCNC(C)CCCCN1C(=O)CCOc2ccccc21. The fourth-order valence-corrected chi connectivity index (χ4v) is 2.74. The fourth-order valence-electron chi connectivity index (χ4n) is 2.74. The largest absolute Gasteiger partial charge is 0.491 e. The van der Waals surface area contributed by atoms with Gasteiger partial charge in [0.1, 0.15) is 5.75 Å². The Labute approximate surface area is 127 Å². The maximum atomic E-state index is 12.2. The number of unbranched alkanes of at least 4 members (excludes halogenated alkanes) is 1. The number of nitrogens with one attached hydrogen (secondary N) is 1. The first kappa shape index (κ1) is 15.8. The van der Waals surface area contributed by atoms with E-state index in [9.17, 15) is 4.79 Å². The molecule has 4 heteroatoms. The molecule has 0 bridgehead atoms. The number of carbonyl (C=O) groups excluding carboxylic acids is 1. The highest BCUT2D eigenvalue weighted by atomic mass is 16.5. The number of benzene rings is 1. The van der Waals surface area contributed by atoms with E-state index in [1.165, 1.54) is 0 Å². The molecular formula is C17H26N2O2. The third kappa shape index (κ3) is 4.46. The molecule has 1 N–H and O–H groups in total. The monoisotopic (exact) mass is 290 g/mol. The van der Waals surface area contributed by atoms with E-state index in [1.54, 1.807) is 0 Å². The second-order valence-electron chi connectivity index (χ2n) is 5.57. The van der Waals surface area contributed by atoms with E-state index >= 15 is 0 Å². The van der Waals surface area contributed by atoms with E-state index in [2.05, 4.69) is 19.2 Å². The van der Waals surface area contributed by atoms with Crippen molar-refractivity contribution in [1.29, 1.82) is 0 Å². The van der Waals surface area contributed by atoms with Gasteiger partial charge < -0.3 is 15.0 Å². The number of amides is 1. The summed E-state index contributed by atoms with van der Waals surface area (Å²) in [5, 5.41) is 3.42. The van der Waals surface area contributed by atoms with Crippen LogP contribution in [-0.4, -0.2) is 31.6 Å². The first-order valence-electron chi connectivity index (χ1n) is 7.98. The van der Waals surface area contributed by atoms with Crippen LogP contribution < -0.4 is 15.0 Å². The molecule has 0 fully saturated rings. The molecule has 0 spiro atoms. The molecule has 1 amide bonds. The molecule has 0 saturated heterocycles. The first-order chi connectivity index (χ1) is 10.2. The van der Waals surface area contributed by atoms with Gasteiger partial charge in [0.15, 0.2) is 0 Å². The molecule has 0 aromatic heterocycles. The molecule has 0 saturated carbocycles. The lowest BCUT2D eigenvalue weighted by atomic mass is 10.1. The molecule has 1 unspecified atom stereocenters. The smallest absolute Gasteiger partial charge is 0.230 e. The quantitative estimate of drug-likeness (QED) is 0.785. The highest BCUT2D eigenvalue weighted by molar-refractivity contribution is 5.95. The van der Waals surface area contributed by atoms with Crippen LogP contribution in [0.15, 0.2) is 24.3 Å². The van der Waals surface area contributed by atoms with Crippen molar-refractivity contribution in [1.82, 2.24) is 5.32 Å². The number of anilines is 1. The molecule has 116 valence electrons. The summed E-state index contributed by atoms with van der Waals surface area (Å²) >= 11 is 0. The molecule has 0 radical (unpaired) electrons. The Morgan fingerprint density at radius 3 is 2.95 bits per heavy atom. The van der Waals surface area contributed by atoms with Crippen molar-refractivity contribution >= 4 is 11.6 Å². The summed E-state index contributed by atoms with van der Waals surface area (Å²) in [5.41, 5.74) is 0.916. The van der Waals surface area contributed by atoms with Crippen molar-refractivity contribution in [2.75, 3.05) is 24.6 Å². The summed E-state index contributed by atoms with van der Waals surface area (Å²) in [5.74, 6) is 0.990. The van der Waals surface area contributed by atoms with E-state index in [0.717, 1.165) is 43.8 Å². The van der Waals surface area contributed by atoms with E-state index in [0.29, 0.717) is 19.1 Å². The van der Waals surface area contributed by atoms with Crippen LogP contribution in [0, 0.1) is 0 Å². The standard InChI is InChI=1S/C17H26N2O2/c1-3-18-14(2)8-6-7-12-19-15-9-4-5-10-16(15)21-13-11-17(19)20/h4-5,9-10,14,18H,3,6-8,11-13H2,1-2H3. The lowest BCUT2D eigenvalue weighted by Crippen LogP contribution is -2.31. The van der Waals surface area contributed by atoms with E-state index in [4.69, 9.17) is 4.74 Å². The normalized spacial score (nSPS) is 16.1. The van der Waals surface area contributed by atoms with Gasteiger partial charge in [0.25, 0.3) is 0 Å². The zero-order valence-electron chi connectivity index (χ0n) is 13.1. The van der Waals surface area contributed by atoms with Gasteiger partial charge in [0, 0.05) is 12.6 Å². The van der Waals surface area contributed by atoms with Gasteiger partial charge in [-0.15, -0.1) is 0 Å². The van der Waals surface area contributed by atoms with Gasteiger partial charge in [-0.05, 0) is 38.4 Å². The summed E-state index contributed by atoms with van der Waals surface area (Å²) < 4.78 is 5.65. The van der Waals surface area contributed by atoms with Crippen molar-refractivity contribution in [2.45, 2.75) is 45.6 Å². The minimum atomic E-state index is 0.166. The highest BCUT2D eigenvalue weighted by Gasteiger charge is 2.22. The second kappa shape index (κ2) is 8.03. The van der Waals surface area contributed by atoms with Gasteiger partial charge in [-0.3, -0.25) is 4.79 Å². The highest BCUT2D eigenvalue weighted by Crippen LogP contribution is 2.31. The Bertz CT molecular complexity index is 462. The third-order valence-electron chi connectivity index (χ3n) is 3.85. The number of ether oxygens (including phenoxy) is 1. The molecule has 21 heavy (non-hydrogen) atoms.